The number of hydrogen-bond donors (Lipinski definition) is 2. The van der Waals surface area contributed by atoms with Gasteiger partial charge in [-0.1, -0.05) is 6.92 Å². The van der Waals surface area contributed by atoms with Crippen LogP contribution in [-0.4, -0.2) is 52.9 Å². The van der Waals surface area contributed by atoms with Gasteiger partial charge in [0, 0.05) is 20.6 Å². The van der Waals surface area contributed by atoms with Crippen LogP contribution in [0.1, 0.15) is 23.8 Å². The lowest BCUT2D eigenvalue weighted by Gasteiger charge is -2.11. The molecule has 1 aromatic rings. The zero-order valence-corrected chi connectivity index (χ0v) is 10.3. The Kier molecular flexibility index (Phi) is 4.84. The largest absolute Gasteiger partial charge is 0.391 e. The van der Waals surface area contributed by atoms with Crippen LogP contribution in [-0.2, 0) is 0 Å². The summed E-state index contributed by atoms with van der Waals surface area (Å²) in [4.78, 5) is 13.0. The molecule has 6 heteroatoms. The van der Waals surface area contributed by atoms with Gasteiger partial charge in [0.25, 0.3) is 5.91 Å². The third kappa shape index (κ3) is 3.99. The number of rotatable bonds is 5. The lowest BCUT2D eigenvalue weighted by atomic mass is 10.3. The number of carbonyl (C=O) groups excluding carboxylic acids is 1. The summed E-state index contributed by atoms with van der Waals surface area (Å²) in [5, 5.41) is 20.0. The Morgan fingerprint density at radius 1 is 1.47 bits per heavy atom. The molecule has 0 bridgehead atoms. The van der Waals surface area contributed by atoms with E-state index in [0.29, 0.717) is 24.5 Å². The van der Waals surface area contributed by atoms with Crippen LogP contribution in [0.4, 0.5) is 5.82 Å². The highest BCUT2D eigenvalue weighted by Gasteiger charge is 2.10. The Bertz CT molecular complexity index is 364. The van der Waals surface area contributed by atoms with E-state index in [2.05, 4.69) is 15.5 Å². The molecular weight excluding hydrogens is 220 g/mol. The molecule has 2 N–H and O–H groups in total. The fraction of sp³-hybridized carbons (Fsp3) is 0.545. The maximum Gasteiger partial charge on any atom is 0.273 e. The Hall–Kier alpha value is -1.69. The average Bonchev–Trinajstić information content (AvgIpc) is 2.35. The predicted molar refractivity (Wildman–Crippen MR) is 64.8 cm³/mol. The first-order valence-corrected chi connectivity index (χ1v) is 5.52. The maximum atomic E-state index is 11.5. The molecule has 0 fully saturated rings. The van der Waals surface area contributed by atoms with E-state index in [1.54, 1.807) is 26.2 Å². The van der Waals surface area contributed by atoms with Crippen molar-refractivity contribution in [3.63, 3.8) is 0 Å². The van der Waals surface area contributed by atoms with Crippen LogP contribution in [0.3, 0.4) is 0 Å². The number of carbonyl (C=O) groups is 1. The van der Waals surface area contributed by atoms with Crippen molar-refractivity contribution in [2.45, 2.75) is 19.4 Å². The summed E-state index contributed by atoms with van der Waals surface area (Å²) in [5.74, 6) is 0.366. The van der Waals surface area contributed by atoms with E-state index >= 15 is 0 Å². The molecule has 0 aliphatic heterocycles. The zero-order chi connectivity index (χ0) is 12.8. The van der Waals surface area contributed by atoms with E-state index in [4.69, 9.17) is 0 Å². The highest BCUT2D eigenvalue weighted by atomic mass is 16.3. The van der Waals surface area contributed by atoms with Crippen LogP contribution >= 0.6 is 0 Å². The quantitative estimate of drug-likeness (QED) is 0.774. The van der Waals surface area contributed by atoms with Crippen molar-refractivity contribution in [1.82, 2.24) is 15.1 Å². The first-order chi connectivity index (χ1) is 8.04. The standard InChI is InChI=1S/C11H18N4O2/c1-4-8(16)7-12-10-6-5-9(13-14-10)11(17)15(2)3/h5-6,8,16H,4,7H2,1-3H3,(H,12,14). The van der Waals surface area contributed by atoms with E-state index < -0.39 is 6.10 Å². The highest BCUT2D eigenvalue weighted by Crippen LogP contribution is 2.04. The minimum atomic E-state index is -0.403. The molecule has 1 amide bonds. The molecule has 1 unspecified atom stereocenters. The summed E-state index contributed by atoms with van der Waals surface area (Å²) in [6, 6.07) is 3.28. The molecule has 0 aromatic carbocycles. The lowest BCUT2D eigenvalue weighted by Crippen LogP contribution is -2.23. The number of hydrogen-bond acceptors (Lipinski definition) is 5. The number of aromatic nitrogens is 2. The smallest absolute Gasteiger partial charge is 0.273 e. The minimum Gasteiger partial charge on any atom is -0.391 e. The van der Waals surface area contributed by atoms with E-state index in [0.717, 1.165) is 0 Å². The highest BCUT2D eigenvalue weighted by molar-refractivity contribution is 5.91. The topological polar surface area (TPSA) is 78.4 Å². The van der Waals surface area contributed by atoms with Gasteiger partial charge in [0.05, 0.1) is 6.10 Å². The number of aliphatic hydroxyl groups excluding tert-OH is 1. The first kappa shape index (κ1) is 13.4. The summed E-state index contributed by atoms with van der Waals surface area (Å²) in [5.41, 5.74) is 0.302. The molecule has 1 heterocycles. The van der Waals surface area contributed by atoms with Crippen LogP contribution in [0.5, 0.6) is 0 Å². The molecule has 0 aliphatic carbocycles. The maximum absolute atomic E-state index is 11.5. The molecule has 1 rings (SSSR count). The normalized spacial score (nSPS) is 12.0. The van der Waals surface area contributed by atoms with E-state index in [9.17, 15) is 9.90 Å². The average molecular weight is 238 g/mol. The van der Waals surface area contributed by atoms with Crippen LogP contribution in [0, 0.1) is 0 Å². The van der Waals surface area contributed by atoms with Crippen molar-refractivity contribution < 1.29 is 9.90 Å². The zero-order valence-electron chi connectivity index (χ0n) is 10.3. The van der Waals surface area contributed by atoms with Gasteiger partial charge in [-0.05, 0) is 18.6 Å². The summed E-state index contributed by atoms with van der Waals surface area (Å²) in [6.07, 6.45) is 0.275. The van der Waals surface area contributed by atoms with Crippen molar-refractivity contribution >= 4 is 11.7 Å². The van der Waals surface area contributed by atoms with Gasteiger partial charge in [-0.15, -0.1) is 10.2 Å². The second-order valence-electron chi connectivity index (χ2n) is 3.95. The molecule has 0 aliphatic rings. The van der Waals surface area contributed by atoms with Crippen LogP contribution in [0.2, 0.25) is 0 Å². The van der Waals surface area contributed by atoms with Crippen LogP contribution in [0.25, 0.3) is 0 Å². The molecular formula is C11H18N4O2. The third-order valence-corrected chi connectivity index (χ3v) is 2.28. The molecule has 0 radical (unpaired) electrons. The van der Waals surface area contributed by atoms with E-state index in [1.807, 2.05) is 6.92 Å². The third-order valence-electron chi connectivity index (χ3n) is 2.28. The Labute approximate surface area is 101 Å². The molecule has 0 saturated carbocycles. The van der Waals surface area contributed by atoms with E-state index in [1.165, 1.54) is 4.90 Å². The lowest BCUT2D eigenvalue weighted by molar-refractivity contribution is 0.0821. The van der Waals surface area contributed by atoms with Gasteiger partial charge >= 0.3 is 0 Å². The second-order valence-corrected chi connectivity index (χ2v) is 3.95. The Balaban J connectivity index is 2.59. The number of nitrogens with zero attached hydrogens (tertiary/aromatic N) is 3. The molecule has 1 atom stereocenters. The number of aliphatic hydroxyl groups is 1. The number of nitrogens with one attached hydrogen (secondary N) is 1. The molecule has 0 saturated heterocycles. The summed E-state index contributed by atoms with van der Waals surface area (Å²) >= 11 is 0. The molecule has 1 aromatic heterocycles. The molecule has 94 valence electrons. The van der Waals surface area contributed by atoms with Gasteiger partial charge in [0.2, 0.25) is 0 Å². The van der Waals surface area contributed by atoms with Crippen LogP contribution < -0.4 is 5.32 Å². The van der Waals surface area contributed by atoms with Gasteiger partial charge in [0.1, 0.15) is 5.82 Å². The van der Waals surface area contributed by atoms with Crippen molar-refractivity contribution in [1.29, 1.82) is 0 Å². The number of amides is 1. The predicted octanol–water partition coefficient (Wildman–Crippen LogP) is 0.361. The van der Waals surface area contributed by atoms with Crippen molar-refractivity contribution in [3.05, 3.63) is 17.8 Å². The van der Waals surface area contributed by atoms with Gasteiger partial charge in [-0.25, -0.2) is 0 Å². The Morgan fingerprint density at radius 2 is 2.18 bits per heavy atom. The summed E-state index contributed by atoms with van der Waals surface area (Å²) in [7, 11) is 3.32. The number of anilines is 1. The molecule has 17 heavy (non-hydrogen) atoms. The molecule has 0 spiro atoms. The summed E-state index contributed by atoms with van der Waals surface area (Å²) in [6.45, 7) is 2.32. The van der Waals surface area contributed by atoms with Crippen LogP contribution in [0.15, 0.2) is 12.1 Å². The second kappa shape index (κ2) is 6.15. The van der Waals surface area contributed by atoms with Gasteiger partial charge in [-0.2, -0.15) is 0 Å². The first-order valence-electron chi connectivity index (χ1n) is 5.52. The SMILES string of the molecule is CCC(O)CNc1ccc(C(=O)N(C)C)nn1. The van der Waals surface area contributed by atoms with Crippen molar-refractivity contribution in [2.24, 2.45) is 0 Å². The van der Waals surface area contributed by atoms with E-state index in [-0.39, 0.29) is 5.91 Å². The fourth-order valence-corrected chi connectivity index (χ4v) is 1.14. The monoisotopic (exact) mass is 238 g/mol. The summed E-state index contributed by atoms with van der Waals surface area (Å²) < 4.78 is 0. The fourth-order valence-electron chi connectivity index (χ4n) is 1.14. The van der Waals surface area contributed by atoms with Crippen molar-refractivity contribution in [3.8, 4) is 0 Å². The minimum absolute atomic E-state index is 0.183. The molecule has 6 nitrogen and oxygen atoms in total. The Morgan fingerprint density at radius 3 is 2.65 bits per heavy atom. The van der Waals surface area contributed by atoms with Gasteiger partial charge < -0.3 is 15.3 Å². The van der Waals surface area contributed by atoms with Gasteiger partial charge in [-0.3, -0.25) is 4.79 Å². The van der Waals surface area contributed by atoms with Gasteiger partial charge in [0.15, 0.2) is 5.69 Å². The van der Waals surface area contributed by atoms with Crippen molar-refractivity contribution in [2.75, 3.05) is 26.0 Å².